The van der Waals surface area contributed by atoms with Crippen molar-refractivity contribution in [2.45, 2.75) is 6.04 Å². The molecule has 1 unspecified atom stereocenters. The Morgan fingerprint density at radius 3 is 2.95 bits per heavy atom. The molecule has 0 saturated carbocycles. The second kappa shape index (κ2) is 6.26. The van der Waals surface area contributed by atoms with Crippen molar-refractivity contribution >= 4 is 12.1 Å². The molecule has 0 saturated heterocycles. The van der Waals surface area contributed by atoms with Gasteiger partial charge in [0, 0.05) is 13.1 Å². The van der Waals surface area contributed by atoms with Crippen LogP contribution in [0, 0.1) is 0 Å². The molecule has 0 fully saturated rings. The Bertz CT molecular complexity index is 457. The number of nitrogens with zero attached hydrogens (tertiary/aromatic N) is 5. The summed E-state index contributed by atoms with van der Waals surface area (Å²) < 4.78 is 0. The summed E-state index contributed by atoms with van der Waals surface area (Å²) in [5, 5.41) is 9.50. The van der Waals surface area contributed by atoms with E-state index in [0.717, 1.165) is 12.2 Å². The van der Waals surface area contributed by atoms with E-state index in [9.17, 15) is 4.79 Å². The molecule has 0 bridgehead atoms. The van der Waals surface area contributed by atoms with E-state index in [1.54, 1.807) is 23.3 Å². The van der Waals surface area contributed by atoms with Gasteiger partial charge in [0.1, 0.15) is 0 Å². The first-order valence-corrected chi connectivity index (χ1v) is 5.98. The molecule has 7 heteroatoms. The summed E-state index contributed by atoms with van der Waals surface area (Å²) in [7, 11) is 1.97. The van der Waals surface area contributed by atoms with Crippen molar-refractivity contribution in [3.8, 4) is 0 Å². The highest BCUT2D eigenvalue weighted by Crippen LogP contribution is 2.15. The fourth-order valence-corrected chi connectivity index (χ4v) is 1.98. The molecule has 1 amide bonds. The largest absolute Gasteiger partial charge is 0.298 e. The molecule has 102 valence electrons. The van der Waals surface area contributed by atoms with Crippen molar-refractivity contribution in [1.29, 1.82) is 0 Å². The number of hydroxylamine groups is 2. The minimum absolute atomic E-state index is 0.169. The fraction of sp³-hybridized carbons (Fsp3) is 0.417. The van der Waals surface area contributed by atoms with E-state index >= 15 is 0 Å². The highest BCUT2D eigenvalue weighted by atomic mass is 16.7. The van der Waals surface area contributed by atoms with Crippen molar-refractivity contribution in [1.82, 2.24) is 25.0 Å². The molecule has 0 aromatic carbocycles. The number of aromatic nitrogens is 3. The number of amides is 1. The minimum Gasteiger partial charge on any atom is -0.298 e. The molecule has 1 aromatic heterocycles. The van der Waals surface area contributed by atoms with Gasteiger partial charge in [0.2, 0.25) is 6.41 Å². The summed E-state index contributed by atoms with van der Waals surface area (Å²) in [6, 6.07) is -0.169. The van der Waals surface area contributed by atoms with Gasteiger partial charge < -0.3 is 0 Å². The maximum atomic E-state index is 11.1. The molecule has 19 heavy (non-hydrogen) atoms. The van der Waals surface area contributed by atoms with Crippen LogP contribution in [0.15, 0.2) is 31.1 Å². The minimum atomic E-state index is -0.169. The molecule has 1 aromatic rings. The van der Waals surface area contributed by atoms with Crippen molar-refractivity contribution in [3.63, 3.8) is 0 Å². The van der Waals surface area contributed by atoms with E-state index in [0.29, 0.717) is 19.6 Å². The Morgan fingerprint density at radius 1 is 1.58 bits per heavy atom. The third-order valence-electron chi connectivity index (χ3n) is 2.76. The first-order chi connectivity index (χ1) is 9.24. The van der Waals surface area contributed by atoms with Gasteiger partial charge in [-0.2, -0.15) is 15.0 Å². The molecule has 1 aliphatic rings. The Morgan fingerprint density at radius 2 is 2.32 bits per heavy atom. The topological polar surface area (TPSA) is 63.5 Å². The summed E-state index contributed by atoms with van der Waals surface area (Å²) in [6.45, 7) is 5.28. The average Bonchev–Trinajstić information content (AvgIpc) is 2.93. The second-order valence-corrected chi connectivity index (χ2v) is 4.29. The normalized spacial score (nSPS) is 19.8. The van der Waals surface area contributed by atoms with E-state index in [2.05, 4.69) is 21.7 Å². The van der Waals surface area contributed by atoms with Crippen molar-refractivity contribution < 1.29 is 9.63 Å². The molecular weight excluding hydrogens is 246 g/mol. The summed E-state index contributed by atoms with van der Waals surface area (Å²) in [4.78, 5) is 20.0. The smallest absolute Gasteiger partial charge is 0.233 e. The number of hydrogen-bond acceptors (Lipinski definition) is 5. The first-order valence-electron chi connectivity index (χ1n) is 5.98. The summed E-state index contributed by atoms with van der Waals surface area (Å²) in [5.41, 5.74) is 0.915. The van der Waals surface area contributed by atoms with Gasteiger partial charge >= 0.3 is 0 Å². The monoisotopic (exact) mass is 263 g/mol. The molecule has 2 heterocycles. The number of hydrogen-bond donors (Lipinski definition) is 0. The van der Waals surface area contributed by atoms with Crippen LogP contribution in [-0.2, 0) is 9.63 Å². The highest BCUT2D eigenvalue weighted by Gasteiger charge is 2.24. The van der Waals surface area contributed by atoms with Gasteiger partial charge in [-0.15, -0.1) is 6.58 Å². The molecule has 0 radical (unpaired) electrons. The number of rotatable bonds is 6. The maximum Gasteiger partial charge on any atom is 0.233 e. The van der Waals surface area contributed by atoms with Crippen molar-refractivity contribution in [2.75, 3.05) is 26.7 Å². The second-order valence-electron chi connectivity index (χ2n) is 4.29. The average molecular weight is 263 g/mol. The van der Waals surface area contributed by atoms with Crippen LogP contribution in [-0.4, -0.2) is 64.2 Å². The van der Waals surface area contributed by atoms with E-state index in [1.165, 1.54) is 5.06 Å². The van der Waals surface area contributed by atoms with E-state index in [4.69, 9.17) is 4.84 Å². The predicted octanol–water partition coefficient (Wildman–Crippen LogP) is 0.00900. The van der Waals surface area contributed by atoms with Gasteiger partial charge in [0.05, 0.1) is 30.7 Å². The van der Waals surface area contributed by atoms with Crippen LogP contribution in [0.2, 0.25) is 0 Å². The van der Waals surface area contributed by atoms with E-state index in [-0.39, 0.29) is 6.04 Å². The zero-order valence-electron chi connectivity index (χ0n) is 10.8. The van der Waals surface area contributed by atoms with Gasteiger partial charge in [0.25, 0.3) is 0 Å². The molecule has 1 aliphatic heterocycles. The number of likely N-dealkylation sites (N-methyl/N-ethyl adjacent to an activating group) is 1. The van der Waals surface area contributed by atoms with Crippen molar-refractivity contribution in [3.05, 3.63) is 31.1 Å². The lowest BCUT2D eigenvalue weighted by molar-refractivity contribution is -0.177. The molecule has 0 N–H and O–H groups in total. The van der Waals surface area contributed by atoms with E-state index < -0.39 is 0 Å². The Balaban J connectivity index is 2.17. The predicted molar refractivity (Wildman–Crippen MR) is 69.6 cm³/mol. The molecule has 2 rings (SSSR count). The Hall–Kier alpha value is -1.99. The first kappa shape index (κ1) is 13.4. The summed E-state index contributed by atoms with van der Waals surface area (Å²) in [6.07, 6.45) is 7.46. The van der Waals surface area contributed by atoms with Crippen LogP contribution in [0.5, 0.6) is 0 Å². The van der Waals surface area contributed by atoms with Crippen molar-refractivity contribution in [2.24, 2.45) is 0 Å². The molecule has 0 aliphatic carbocycles. The van der Waals surface area contributed by atoms with Crippen LogP contribution in [0.25, 0.3) is 5.70 Å². The third kappa shape index (κ3) is 3.27. The highest BCUT2D eigenvalue weighted by molar-refractivity contribution is 5.52. The lowest BCUT2D eigenvalue weighted by Gasteiger charge is -2.33. The van der Waals surface area contributed by atoms with Gasteiger partial charge in [-0.05, 0) is 13.1 Å². The summed E-state index contributed by atoms with van der Waals surface area (Å²) in [5.74, 6) is 0. The van der Waals surface area contributed by atoms with Gasteiger partial charge in [0.15, 0.2) is 0 Å². The number of carbonyl (C=O) groups is 1. The molecule has 0 spiro atoms. The quantitative estimate of drug-likeness (QED) is 0.411. The standard InChI is InChI=1S/C12H17N5O2/c1-3-6-19-16(10-18)11-7-12(9-15(2)8-11)17-13-4-5-14-17/h3-5,7,10-11H,1,6,8-9H2,2H3. The lowest BCUT2D eigenvalue weighted by atomic mass is 10.1. The van der Waals surface area contributed by atoms with Gasteiger partial charge in [-0.1, -0.05) is 6.08 Å². The fourth-order valence-electron chi connectivity index (χ4n) is 1.98. The molecular formula is C12H17N5O2. The molecule has 7 nitrogen and oxygen atoms in total. The lowest BCUT2D eigenvalue weighted by Crippen LogP contribution is -2.45. The maximum absolute atomic E-state index is 11.1. The number of carbonyl (C=O) groups excluding carboxylic acids is 1. The SMILES string of the molecule is C=CCON(C=O)C1C=C(n2nccn2)CN(C)C1. The Kier molecular flexibility index (Phi) is 4.43. The zero-order valence-corrected chi connectivity index (χ0v) is 10.8. The summed E-state index contributed by atoms with van der Waals surface area (Å²) >= 11 is 0. The Labute approximate surface area is 111 Å². The van der Waals surface area contributed by atoms with Crippen LogP contribution in [0.3, 0.4) is 0 Å². The molecule has 1 atom stereocenters. The van der Waals surface area contributed by atoms with Crippen LogP contribution in [0.4, 0.5) is 0 Å². The van der Waals surface area contributed by atoms with E-state index in [1.807, 2.05) is 13.1 Å². The third-order valence-corrected chi connectivity index (χ3v) is 2.76. The van der Waals surface area contributed by atoms with Gasteiger partial charge in [-0.25, -0.2) is 5.06 Å². The zero-order chi connectivity index (χ0) is 13.7. The van der Waals surface area contributed by atoms with Crippen LogP contribution < -0.4 is 0 Å². The van der Waals surface area contributed by atoms with Crippen LogP contribution in [0.1, 0.15) is 0 Å². The van der Waals surface area contributed by atoms with Crippen LogP contribution >= 0.6 is 0 Å². The van der Waals surface area contributed by atoms with Gasteiger partial charge in [-0.3, -0.25) is 14.5 Å².